The number of likely N-dealkylation sites (tertiary alicyclic amines) is 1. The highest BCUT2D eigenvalue weighted by Crippen LogP contribution is 2.38. The number of ether oxygens (including phenoxy) is 1. The van der Waals surface area contributed by atoms with Gasteiger partial charge in [-0.2, -0.15) is 18.3 Å². The maximum atomic E-state index is 14.2. The van der Waals surface area contributed by atoms with Gasteiger partial charge in [-0.15, -0.1) is 0 Å². The molecule has 1 saturated heterocycles. The lowest BCUT2D eigenvalue weighted by molar-refractivity contribution is -0.123. The van der Waals surface area contributed by atoms with E-state index in [1.165, 1.54) is 4.90 Å². The standard InChI is InChI=1S/C24H28F6N4O2/c25-17-7-8-18(26)22(27)21(17)14-3-5-15(6-4-14)36-12-20-16(19-9-10-32-33-19)2-1-11-34(20)23(35)31-13-24(28,29)30/h7-10,14-16,20H,1-6,11-13H2,(H,31,35)(H,32,33)/t14-,15+,16?,20?. The molecule has 0 radical (unpaired) electrons. The summed E-state index contributed by atoms with van der Waals surface area (Å²) in [5.74, 6) is -3.70. The number of amides is 2. The van der Waals surface area contributed by atoms with Crippen molar-refractivity contribution in [3.8, 4) is 0 Å². The summed E-state index contributed by atoms with van der Waals surface area (Å²) in [5.41, 5.74) is 0.519. The van der Waals surface area contributed by atoms with Gasteiger partial charge in [-0.05, 0) is 62.6 Å². The Bertz CT molecular complexity index is 1020. The summed E-state index contributed by atoms with van der Waals surface area (Å²) in [6, 6.07) is 2.11. The maximum Gasteiger partial charge on any atom is 0.405 e. The number of aromatic amines is 1. The highest BCUT2D eigenvalue weighted by Gasteiger charge is 2.38. The first kappa shape index (κ1) is 26.3. The van der Waals surface area contributed by atoms with E-state index in [0.717, 1.165) is 17.8 Å². The van der Waals surface area contributed by atoms with Crippen molar-refractivity contribution in [3.63, 3.8) is 0 Å². The summed E-state index contributed by atoms with van der Waals surface area (Å²) in [6.45, 7) is -1.06. The molecule has 0 bridgehead atoms. The molecule has 2 aromatic rings. The minimum atomic E-state index is -4.53. The number of rotatable bonds is 6. The Morgan fingerprint density at radius 2 is 1.81 bits per heavy atom. The van der Waals surface area contributed by atoms with Crippen LogP contribution in [0.1, 0.15) is 61.6 Å². The lowest BCUT2D eigenvalue weighted by atomic mass is 9.82. The molecule has 4 rings (SSSR count). The van der Waals surface area contributed by atoms with Crippen LogP contribution in [-0.2, 0) is 4.74 Å². The number of halogens is 6. The summed E-state index contributed by atoms with van der Waals surface area (Å²) < 4.78 is 86.1. The van der Waals surface area contributed by atoms with E-state index in [1.54, 1.807) is 12.3 Å². The number of carbonyl (C=O) groups is 1. The molecule has 1 aliphatic carbocycles. The summed E-state index contributed by atoms with van der Waals surface area (Å²) in [5, 5.41) is 8.78. The summed E-state index contributed by atoms with van der Waals surface area (Å²) >= 11 is 0. The van der Waals surface area contributed by atoms with E-state index >= 15 is 0 Å². The molecule has 1 aromatic carbocycles. The van der Waals surface area contributed by atoms with Crippen molar-refractivity contribution in [3.05, 3.63) is 53.1 Å². The Kier molecular flexibility index (Phi) is 8.11. The van der Waals surface area contributed by atoms with Gasteiger partial charge in [-0.1, -0.05) is 0 Å². The number of carbonyl (C=O) groups excluding carboxylic acids is 1. The number of hydrogen-bond acceptors (Lipinski definition) is 3. The first-order chi connectivity index (χ1) is 17.1. The van der Waals surface area contributed by atoms with Crippen LogP contribution in [0.3, 0.4) is 0 Å². The SMILES string of the molecule is O=C(NCC(F)(F)F)N1CCCC(c2ccn[nH]2)C1CO[C@H]1CC[C@@H](c2c(F)ccc(F)c2F)CC1. The first-order valence-corrected chi connectivity index (χ1v) is 12.0. The number of benzene rings is 1. The fourth-order valence-corrected chi connectivity index (χ4v) is 5.30. The topological polar surface area (TPSA) is 70.2 Å². The van der Waals surface area contributed by atoms with Crippen LogP contribution in [0.15, 0.2) is 24.4 Å². The number of urea groups is 1. The van der Waals surface area contributed by atoms with Gasteiger partial charge in [0, 0.05) is 29.9 Å². The average molecular weight is 519 g/mol. The molecule has 0 spiro atoms. The van der Waals surface area contributed by atoms with Crippen molar-refractivity contribution in [2.75, 3.05) is 19.7 Å². The van der Waals surface area contributed by atoms with Crippen LogP contribution in [0.25, 0.3) is 0 Å². The number of H-pyrrole nitrogens is 1. The molecular weight excluding hydrogens is 490 g/mol. The van der Waals surface area contributed by atoms with E-state index in [2.05, 4.69) is 10.2 Å². The molecule has 2 unspecified atom stereocenters. The molecule has 1 aliphatic heterocycles. The number of nitrogens with one attached hydrogen (secondary N) is 2. The number of nitrogens with zero attached hydrogens (tertiary/aromatic N) is 2. The van der Waals surface area contributed by atoms with Crippen LogP contribution in [0.2, 0.25) is 0 Å². The molecule has 6 nitrogen and oxygen atoms in total. The number of alkyl halides is 3. The highest BCUT2D eigenvalue weighted by molar-refractivity contribution is 5.75. The van der Waals surface area contributed by atoms with Gasteiger partial charge in [0.2, 0.25) is 0 Å². The summed E-state index contributed by atoms with van der Waals surface area (Å²) in [7, 11) is 0. The highest BCUT2D eigenvalue weighted by atomic mass is 19.4. The Balaban J connectivity index is 1.40. The third kappa shape index (κ3) is 6.13. The van der Waals surface area contributed by atoms with E-state index in [1.807, 2.05) is 5.32 Å². The zero-order chi connectivity index (χ0) is 25.9. The van der Waals surface area contributed by atoms with Crippen LogP contribution >= 0.6 is 0 Å². The zero-order valence-electron chi connectivity index (χ0n) is 19.5. The molecular formula is C24H28F6N4O2. The zero-order valence-corrected chi connectivity index (χ0v) is 19.5. The van der Waals surface area contributed by atoms with Gasteiger partial charge in [-0.25, -0.2) is 18.0 Å². The van der Waals surface area contributed by atoms with Crippen LogP contribution in [0, 0.1) is 17.5 Å². The second-order valence-corrected chi connectivity index (χ2v) is 9.36. The Morgan fingerprint density at radius 3 is 2.47 bits per heavy atom. The minimum Gasteiger partial charge on any atom is -0.376 e. The van der Waals surface area contributed by atoms with Crippen molar-refractivity contribution < 1.29 is 35.9 Å². The van der Waals surface area contributed by atoms with Crippen molar-refractivity contribution >= 4 is 6.03 Å². The Morgan fingerprint density at radius 1 is 1.08 bits per heavy atom. The van der Waals surface area contributed by atoms with Crippen LogP contribution in [0.4, 0.5) is 31.1 Å². The predicted octanol–water partition coefficient (Wildman–Crippen LogP) is 5.39. The molecule has 2 fully saturated rings. The molecule has 36 heavy (non-hydrogen) atoms. The van der Waals surface area contributed by atoms with E-state index in [9.17, 15) is 31.1 Å². The van der Waals surface area contributed by atoms with Gasteiger partial charge < -0.3 is 15.0 Å². The van der Waals surface area contributed by atoms with E-state index in [0.29, 0.717) is 38.5 Å². The second kappa shape index (κ2) is 11.1. The monoisotopic (exact) mass is 518 g/mol. The van der Waals surface area contributed by atoms with Crippen molar-refractivity contribution in [1.82, 2.24) is 20.4 Å². The Labute approximate surface area is 204 Å². The third-order valence-corrected chi connectivity index (χ3v) is 7.07. The largest absolute Gasteiger partial charge is 0.405 e. The van der Waals surface area contributed by atoms with E-state index in [-0.39, 0.29) is 30.7 Å². The molecule has 198 valence electrons. The first-order valence-electron chi connectivity index (χ1n) is 12.0. The molecule has 12 heteroatoms. The van der Waals surface area contributed by atoms with Gasteiger partial charge in [0.05, 0.1) is 18.8 Å². The molecule has 1 aromatic heterocycles. The molecule has 2 amide bonds. The summed E-state index contributed by atoms with van der Waals surface area (Å²) in [4.78, 5) is 14.0. The quantitative estimate of drug-likeness (QED) is 0.398. The van der Waals surface area contributed by atoms with Crippen molar-refractivity contribution in [1.29, 1.82) is 0 Å². The second-order valence-electron chi connectivity index (χ2n) is 9.36. The smallest absolute Gasteiger partial charge is 0.376 e. The van der Waals surface area contributed by atoms with Gasteiger partial charge >= 0.3 is 12.2 Å². The normalized spacial score (nSPS) is 25.1. The van der Waals surface area contributed by atoms with Gasteiger partial charge in [-0.3, -0.25) is 5.10 Å². The lowest BCUT2D eigenvalue weighted by Gasteiger charge is -2.41. The van der Waals surface area contributed by atoms with Crippen molar-refractivity contribution in [2.24, 2.45) is 0 Å². The molecule has 2 N–H and O–H groups in total. The van der Waals surface area contributed by atoms with Crippen molar-refractivity contribution in [2.45, 2.75) is 68.7 Å². The average Bonchev–Trinajstić information content (AvgIpc) is 3.39. The van der Waals surface area contributed by atoms with Crippen LogP contribution in [-0.4, -0.2) is 59.1 Å². The predicted molar refractivity (Wildman–Crippen MR) is 118 cm³/mol. The van der Waals surface area contributed by atoms with E-state index in [4.69, 9.17) is 4.74 Å². The van der Waals surface area contributed by atoms with Gasteiger partial charge in [0.1, 0.15) is 12.4 Å². The van der Waals surface area contributed by atoms with Crippen LogP contribution < -0.4 is 5.32 Å². The fraction of sp³-hybridized carbons (Fsp3) is 0.583. The third-order valence-electron chi connectivity index (χ3n) is 7.07. The lowest BCUT2D eigenvalue weighted by Crippen LogP contribution is -2.54. The van der Waals surface area contributed by atoms with Crippen LogP contribution in [0.5, 0.6) is 0 Å². The van der Waals surface area contributed by atoms with E-state index < -0.39 is 48.2 Å². The van der Waals surface area contributed by atoms with Gasteiger partial charge in [0.25, 0.3) is 0 Å². The molecule has 1 saturated carbocycles. The molecule has 2 heterocycles. The minimum absolute atomic E-state index is 0.0845. The molecule has 2 atom stereocenters. The molecule has 2 aliphatic rings. The Hall–Kier alpha value is -2.76. The maximum absolute atomic E-state index is 14.2. The fourth-order valence-electron chi connectivity index (χ4n) is 5.30. The van der Waals surface area contributed by atoms with Gasteiger partial charge in [0.15, 0.2) is 11.6 Å². The number of piperidine rings is 1. The number of hydrogen-bond donors (Lipinski definition) is 2. The summed E-state index contributed by atoms with van der Waals surface area (Å²) in [6.07, 6.45) is -0.172. The number of aromatic nitrogens is 2.